The second-order valence-electron chi connectivity index (χ2n) is 5.27. The maximum absolute atomic E-state index is 5.59. The lowest BCUT2D eigenvalue weighted by Gasteiger charge is -2.33. The van der Waals surface area contributed by atoms with Crippen LogP contribution in [0.15, 0.2) is 18.3 Å². The number of aromatic nitrogens is 1. The molecule has 0 aromatic carbocycles. The molecule has 1 saturated heterocycles. The first-order valence-electron chi connectivity index (χ1n) is 6.87. The molecule has 4 heteroatoms. The zero-order valence-corrected chi connectivity index (χ0v) is 10.9. The van der Waals surface area contributed by atoms with Crippen molar-refractivity contribution < 1.29 is 4.74 Å². The van der Waals surface area contributed by atoms with Crippen molar-refractivity contribution in [2.45, 2.75) is 38.5 Å². The highest BCUT2D eigenvalue weighted by atomic mass is 16.5. The van der Waals surface area contributed by atoms with Gasteiger partial charge in [-0.3, -0.25) is 0 Å². The van der Waals surface area contributed by atoms with Crippen LogP contribution in [-0.2, 0) is 11.3 Å². The van der Waals surface area contributed by atoms with E-state index in [9.17, 15) is 0 Å². The number of rotatable bonds is 4. The monoisotopic (exact) mass is 247 g/mol. The highest BCUT2D eigenvalue weighted by molar-refractivity contribution is 5.47. The van der Waals surface area contributed by atoms with Crippen LogP contribution in [0.5, 0.6) is 0 Å². The first kappa shape index (κ1) is 11.9. The van der Waals surface area contributed by atoms with E-state index < -0.39 is 0 Å². The fourth-order valence-corrected chi connectivity index (χ4v) is 2.41. The van der Waals surface area contributed by atoms with E-state index in [4.69, 9.17) is 4.74 Å². The van der Waals surface area contributed by atoms with Gasteiger partial charge in [0.1, 0.15) is 5.82 Å². The maximum Gasteiger partial charge on any atom is 0.133 e. The van der Waals surface area contributed by atoms with Gasteiger partial charge in [0.25, 0.3) is 0 Å². The maximum atomic E-state index is 5.59. The van der Waals surface area contributed by atoms with Gasteiger partial charge < -0.3 is 15.0 Å². The molecule has 1 aliphatic carbocycles. The van der Waals surface area contributed by atoms with Gasteiger partial charge in [0, 0.05) is 37.4 Å². The van der Waals surface area contributed by atoms with E-state index in [1.807, 2.05) is 12.3 Å². The smallest absolute Gasteiger partial charge is 0.133 e. The molecule has 4 nitrogen and oxygen atoms in total. The predicted molar refractivity (Wildman–Crippen MR) is 71.7 cm³/mol. The Hall–Kier alpha value is -1.13. The third-order valence-corrected chi connectivity index (χ3v) is 3.57. The summed E-state index contributed by atoms with van der Waals surface area (Å²) in [6, 6.07) is 4.94. The average molecular weight is 247 g/mol. The van der Waals surface area contributed by atoms with E-state index >= 15 is 0 Å². The Labute approximate surface area is 108 Å². The number of morpholine rings is 1. The lowest BCUT2D eigenvalue weighted by atomic mass is 10.2. The van der Waals surface area contributed by atoms with Crippen LogP contribution in [0.4, 0.5) is 5.82 Å². The summed E-state index contributed by atoms with van der Waals surface area (Å²) < 4.78 is 5.59. The molecule has 1 aromatic heterocycles. The van der Waals surface area contributed by atoms with Gasteiger partial charge in [-0.05, 0) is 25.8 Å². The van der Waals surface area contributed by atoms with Crippen LogP contribution in [0.25, 0.3) is 0 Å². The SMILES string of the molecule is CC1CN(c2ncccc2CNC2CC2)CCO1. The van der Waals surface area contributed by atoms with E-state index in [1.54, 1.807) is 0 Å². The Balaban J connectivity index is 1.72. The largest absolute Gasteiger partial charge is 0.375 e. The Kier molecular flexibility index (Phi) is 3.48. The van der Waals surface area contributed by atoms with Gasteiger partial charge in [0.2, 0.25) is 0 Å². The van der Waals surface area contributed by atoms with Gasteiger partial charge in [-0.2, -0.15) is 0 Å². The molecule has 1 aromatic rings. The molecule has 1 atom stereocenters. The summed E-state index contributed by atoms with van der Waals surface area (Å²) in [4.78, 5) is 6.91. The van der Waals surface area contributed by atoms with Gasteiger partial charge in [-0.25, -0.2) is 4.98 Å². The fourth-order valence-electron chi connectivity index (χ4n) is 2.41. The number of hydrogen-bond acceptors (Lipinski definition) is 4. The number of nitrogens with zero attached hydrogens (tertiary/aromatic N) is 2. The summed E-state index contributed by atoms with van der Waals surface area (Å²) >= 11 is 0. The van der Waals surface area contributed by atoms with Gasteiger partial charge in [0.05, 0.1) is 12.7 Å². The van der Waals surface area contributed by atoms with Crippen LogP contribution >= 0.6 is 0 Å². The second-order valence-corrected chi connectivity index (χ2v) is 5.27. The van der Waals surface area contributed by atoms with Crippen molar-refractivity contribution in [3.05, 3.63) is 23.9 Å². The lowest BCUT2D eigenvalue weighted by Crippen LogP contribution is -2.42. The lowest BCUT2D eigenvalue weighted by molar-refractivity contribution is 0.0529. The van der Waals surface area contributed by atoms with Crippen molar-refractivity contribution in [1.82, 2.24) is 10.3 Å². The van der Waals surface area contributed by atoms with E-state index in [2.05, 4.69) is 28.2 Å². The first-order chi connectivity index (χ1) is 8.83. The van der Waals surface area contributed by atoms with Gasteiger partial charge in [-0.15, -0.1) is 0 Å². The van der Waals surface area contributed by atoms with E-state index in [0.717, 1.165) is 38.1 Å². The van der Waals surface area contributed by atoms with E-state index in [-0.39, 0.29) is 0 Å². The van der Waals surface area contributed by atoms with Gasteiger partial charge in [-0.1, -0.05) is 6.07 Å². The molecule has 2 heterocycles. The molecule has 1 unspecified atom stereocenters. The standard InChI is InChI=1S/C14H21N3O/c1-11-10-17(7-8-18-11)14-12(3-2-6-15-14)9-16-13-4-5-13/h2-3,6,11,13,16H,4-5,7-10H2,1H3. The minimum atomic E-state index is 0.296. The highest BCUT2D eigenvalue weighted by Gasteiger charge is 2.23. The van der Waals surface area contributed by atoms with Gasteiger partial charge in [0.15, 0.2) is 0 Å². The summed E-state index contributed by atoms with van der Waals surface area (Å²) in [5, 5.41) is 3.57. The Morgan fingerprint density at radius 3 is 3.17 bits per heavy atom. The second kappa shape index (κ2) is 5.24. The van der Waals surface area contributed by atoms with Crippen molar-refractivity contribution in [1.29, 1.82) is 0 Å². The first-order valence-corrected chi connectivity index (χ1v) is 6.87. The van der Waals surface area contributed by atoms with E-state index in [0.29, 0.717) is 6.10 Å². The Morgan fingerprint density at radius 2 is 2.39 bits per heavy atom. The molecule has 0 radical (unpaired) electrons. The molecule has 0 spiro atoms. The Morgan fingerprint density at radius 1 is 1.50 bits per heavy atom. The van der Waals surface area contributed by atoms with Crippen molar-refractivity contribution in [3.63, 3.8) is 0 Å². The summed E-state index contributed by atoms with van der Waals surface area (Å²) in [6.07, 6.45) is 4.83. The molecule has 1 saturated carbocycles. The van der Waals surface area contributed by atoms with Crippen molar-refractivity contribution in [3.8, 4) is 0 Å². The normalized spacial score (nSPS) is 24.3. The van der Waals surface area contributed by atoms with Crippen LogP contribution in [0.2, 0.25) is 0 Å². The molecule has 1 aliphatic heterocycles. The number of nitrogens with one attached hydrogen (secondary N) is 1. The molecule has 3 rings (SSSR count). The Bertz CT molecular complexity index is 406. The summed E-state index contributed by atoms with van der Waals surface area (Å²) in [5.74, 6) is 1.13. The average Bonchev–Trinajstić information content (AvgIpc) is 3.21. The molecule has 0 bridgehead atoms. The summed E-state index contributed by atoms with van der Waals surface area (Å²) in [5.41, 5.74) is 1.30. The molecule has 1 N–H and O–H groups in total. The van der Waals surface area contributed by atoms with Crippen molar-refractivity contribution in [2.75, 3.05) is 24.6 Å². The topological polar surface area (TPSA) is 37.4 Å². The predicted octanol–water partition coefficient (Wildman–Crippen LogP) is 1.56. The van der Waals surface area contributed by atoms with Crippen LogP contribution in [0.1, 0.15) is 25.3 Å². The number of hydrogen-bond donors (Lipinski definition) is 1. The number of ether oxygens (including phenoxy) is 1. The fraction of sp³-hybridized carbons (Fsp3) is 0.643. The number of pyridine rings is 1. The molecular formula is C14H21N3O. The molecule has 98 valence electrons. The zero-order chi connectivity index (χ0) is 12.4. The number of anilines is 1. The van der Waals surface area contributed by atoms with Crippen LogP contribution < -0.4 is 10.2 Å². The van der Waals surface area contributed by atoms with Crippen molar-refractivity contribution in [2.24, 2.45) is 0 Å². The molecular weight excluding hydrogens is 226 g/mol. The summed E-state index contributed by atoms with van der Waals surface area (Å²) in [7, 11) is 0. The molecule has 2 fully saturated rings. The minimum Gasteiger partial charge on any atom is -0.375 e. The third-order valence-electron chi connectivity index (χ3n) is 3.57. The van der Waals surface area contributed by atoms with E-state index in [1.165, 1.54) is 18.4 Å². The molecule has 18 heavy (non-hydrogen) atoms. The van der Waals surface area contributed by atoms with Crippen molar-refractivity contribution >= 4 is 5.82 Å². The molecule has 0 amide bonds. The van der Waals surface area contributed by atoms with Crippen LogP contribution in [-0.4, -0.2) is 36.8 Å². The minimum absolute atomic E-state index is 0.296. The van der Waals surface area contributed by atoms with Crippen LogP contribution in [0, 0.1) is 0 Å². The summed E-state index contributed by atoms with van der Waals surface area (Å²) in [6.45, 7) is 5.73. The highest BCUT2D eigenvalue weighted by Crippen LogP contribution is 2.23. The molecule has 2 aliphatic rings. The quantitative estimate of drug-likeness (QED) is 0.876. The van der Waals surface area contributed by atoms with Crippen LogP contribution in [0.3, 0.4) is 0 Å². The zero-order valence-electron chi connectivity index (χ0n) is 10.9. The van der Waals surface area contributed by atoms with Gasteiger partial charge >= 0.3 is 0 Å². The third kappa shape index (κ3) is 2.82.